The highest BCUT2D eigenvalue weighted by Gasteiger charge is 2.23. The van der Waals surface area contributed by atoms with E-state index in [1.807, 2.05) is 31.2 Å². The SMILES string of the molecule is Cc1ccc(-c2nc(CN3CCN(C(=O)Nc4ccc(C)c(F)c4)CC3)c(C)o2)cc1. The predicted octanol–water partition coefficient (Wildman–Crippen LogP) is 4.76. The predicted molar refractivity (Wildman–Crippen MR) is 118 cm³/mol. The first kappa shape index (κ1) is 21.1. The Morgan fingerprint density at radius 3 is 2.45 bits per heavy atom. The number of carbonyl (C=O) groups is 1. The lowest BCUT2D eigenvalue weighted by molar-refractivity contribution is 0.141. The Hall–Kier alpha value is -3.19. The third-order valence-corrected chi connectivity index (χ3v) is 5.65. The molecule has 0 aliphatic carbocycles. The summed E-state index contributed by atoms with van der Waals surface area (Å²) in [4.78, 5) is 21.2. The van der Waals surface area contributed by atoms with Crippen molar-refractivity contribution in [3.8, 4) is 11.5 Å². The molecule has 1 aliphatic heterocycles. The number of carbonyl (C=O) groups excluding carboxylic acids is 1. The van der Waals surface area contributed by atoms with E-state index in [4.69, 9.17) is 9.40 Å². The van der Waals surface area contributed by atoms with Crippen molar-refractivity contribution in [3.63, 3.8) is 0 Å². The number of nitrogens with zero attached hydrogens (tertiary/aromatic N) is 3. The molecule has 4 rings (SSSR count). The number of aryl methyl sites for hydroxylation is 3. The Labute approximate surface area is 181 Å². The van der Waals surface area contributed by atoms with Crippen molar-refractivity contribution in [1.82, 2.24) is 14.8 Å². The van der Waals surface area contributed by atoms with Crippen LogP contribution >= 0.6 is 0 Å². The monoisotopic (exact) mass is 422 g/mol. The van der Waals surface area contributed by atoms with Gasteiger partial charge in [-0.2, -0.15) is 0 Å². The summed E-state index contributed by atoms with van der Waals surface area (Å²) < 4.78 is 19.6. The Balaban J connectivity index is 1.32. The number of anilines is 1. The number of aromatic nitrogens is 1. The zero-order valence-corrected chi connectivity index (χ0v) is 18.1. The molecule has 0 unspecified atom stereocenters. The molecule has 31 heavy (non-hydrogen) atoms. The summed E-state index contributed by atoms with van der Waals surface area (Å²) in [6, 6.07) is 12.6. The number of hydrogen-bond acceptors (Lipinski definition) is 4. The number of benzene rings is 2. The van der Waals surface area contributed by atoms with Crippen LogP contribution in [0.5, 0.6) is 0 Å². The Bertz CT molecular complexity index is 1070. The molecule has 1 saturated heterocycles. The van der Waals surface area contributed by atoms with Crippen LogP contribution in [0.3, 0.4) is 0 Å². The molecule has 2 aromatic carbocycles. The second-order valence-electron chi connectivity index (χ2n) is 8.05. The maximum atomic E-state index is 13.7. The third-order valence-electron chi connectivity index (χ3n) is 5.65. The summed E-state index contributed by atoms with van der Waals surface area (Å²) in [5.74, 6) is 1.13. The first-order valence-corrected chi connectivity index (χ1v) is 10.5. The summed E-state index contributed by atoms with van der Waals surface area (Å²) in [5, 5.41) is 2.78. The molecule has 1 aliphatic rings. The maximum absolute atomic E-state index is 13.7. The summed E-state index contributed by atoms with van der Waals surface area (Å²) >= 11 is 0. The van der Waals surface area contributed by atoms with Crippen molar-refractivity contribution in [3.05, 3.63) is 70.9 Å². The number of piperazine rings is 1. The molecule has 162 valence electrons. The molecule has 6 nitrogen and oxygen atoms in total. The van der Waals surface area contributed by atoms with E-state index in [2.05, 4.69) is 17.1 Å². The van der Waals surface area contributed by atoms with E-state index < -0.39 is 0 Å². The lowest BCUT2D eigenvalue weighted by atomic mass is 10.1. The van der Waals surface area contributed by atoms with Crippen LogP contribution < -0.4 is 5.32 Å². The largest absolute Gasteiger partial charge is 0.441 e. The average Bonchev–Trinajstić information content (AvgIpc) is 3.12. The molecule has 0 saturated carbocycles. The van der Waals surface area contributed by atoms with Crippen LogP contribution in [0, 0.1) is 26.6 Å². The highest BCUT2D eigenvalue weighted by Crippen LogP contribution is 2.23. The Kier molecular flexibility index (Phi) is 6.04. The van der Waals surface area contributed by atoms with Gasteiger partial charge in [0, 0.05) is 44.0 Å². The topological polar surface area (TPSA) is 61.6 Å². The van der Waals surface area contributed by atoms with Gasteiger partial charge in [0.05, 0.1) is 5.69 Å². The average molecular weight is 423 g/mol. The van der Waals surface area contributed by atoms with Crippen LogP contribution in [0.2, 0.25) is 0 Å². The molecule has 1 fully saturated rings. The second kappa shape index (κ2) is 8.89. The molecular formula is C24H27FN4O2. The fraction of sp³-hybridized carbons (Fsp3) is 0.333. The molecule has 1 aromatic heterocycles. The van der Waals surface area contributed by atoms with Crippen molar-refractivity contribution in [2.75, 3.05) is 31.5 Å². The van der Waals surface area contributed by atoms with Gasteiger partial charge in [0.1, 0.15) is 11.6 Å². The number of nitrogens with one attached hydrogen (secondary N) is 1. The minimum absolute atomic E-state index is 0.206. The van der Waals surface area contributed by atoms with Crippen molar-refractivity contribution in [1.29, 1.82) is 0 Å². The maximum Gasteiger partial charge on any atom is 0.321 e. The fourth-order valence-electron chi connectivity index (χ4n) is 3.59. The van der Waals surface area contributed by atoms with E-state index in [0.717, 1.165) is 30.1 Å². The van der Waals surface area contributed by atoms with Gasteiger partial charge in [-0.1, -0.05) is 23.8 Å². The molecule has 0 radical (unpaired) electrons. The van der Waals surface area contributed by atoms with Crippen molar-refractivity contribution in [2.24, 2.45) is 0 Å². The number of amides is 2. The number of halogens is 1. The normalized spacial score (nSPS) is 14.6. The van der Waals surface area contributed by atoms with E-state index in [1.165, 1.54) is 11.6 Å². The molecule has 3 aromatic rings. The first-order valence-electron chi connectivity index (χ1n) is 10.5. The molecule has 2 heterocycles. The van der Waals surface area contributed by atoms with Crippen LogP contribution in [0.4, 0.5) is 14.9 Å². The number of urea groups is 1. The van der Waals surface area contributed by atoms with Crippen LogP contribution in [0.25, 0.3) is 11.5 Å². The molecule has 0 atom stereocenters. The van der Waals surface area contributed by atoms with E-state index in [0.29, 0.717) is 36.8 Å². The molecule has 0 bridgehead atoms. The van der Waals surface area contributed by atoms with Crippen molar-refractivity contribution < 1.29 is 13.6 Å². The lowest BCUT2D eigenvalue weighted by Gasteiger charge is -2.34. The van der Waals surface area contributed by atoms with Gasteiger partial charge in [0.15, 0.2) is 0 Å². The van der Waals surface area contributed by atoms with Gasteiger partial charge in [-0.15, -0.1) is 0 Å². The minimum Gasteiger partial charge on any atom is -0.441 e. The number of oxazole rings is 1. The molecule has 7 heteroatoms. The van der Waals surface area contributed by atoms with E-state index in [-0.39, 0.29) is 11.8 Å². The van der Waals surface area contributed by atoms with Gasteiger partial charge in [0.2, 0.25) is 5.89 Å². The quantitative estimate of drug-likeness (QED) is 0.659. The number of rotatable bonds is 4. The first-order chi connectivity index (χ1) is 14.9. The van der Waals surface area contributed by atoms with Gasteiger partial charge in [0.25, 0.3) is 0 Å². The highest BCUT2D eigenvalue weighted by atomic mass is 19.1. The highest BCUT2D eigenvalue weighted by molar-refractivity contribution is 5.89. The number of hydrogen-bond donors (Lipinski definition) is 1. The van der Waals surface area contributed by atoms with Gasteiger partial charge in [-0.05, 0) is 50.6 Å². The summed E-state index contributed by atoms with van der Waals surface area (Å²) in [5.41, 5.74) is 4.11. The van der Waals surface area contributed by atoms with E-state index in [9.17, 15) is 9.18 Å². The van der Waals surface area contributed by atoms with Crippen LogP contribution in [-0.2, 0) is 6.54 Å². The van der Waals surface area contributed by atoms with E-state index >= 15 is 0 Å². The molecule has 2 amide bonds. The standard InChI is InChI=1S/C24H27FN4O2/c1-16-4-7-19(8-5-16)23-27-22(18(3)31-23)15-28-10-12-29(13-11-28)24(30)26-20-9-6-17(2)21(25)14-20/h4-9,14H,10-13,15H2,1-3H3,(H,26,30). The second-order valence-corrected chi connectivity index (χ2v) is 8.05. The van der Waals surface area contributed by atoms with Crippen LogP contribution in [0.1, 0.15) is 22.6 Å². The van der Waals surface area contributed by atoms with Gasteiger partial charge in [-0.25, -0.2) is 14.2 Å². The van der Waals surface area contributed by atoms with E-state index in [1.54, 1.807) is 24.0 Å². The summed E-state index contributed by atoms with van der Waals surface area (Å²) in [6.07, 6.45) is 0. The van der Waals surface area contributed by atoms with Crippen LogP contribution in [-0.4, -0.2) is 47.0 Å². The van der Waals surface area contributed by atoms with Crippen molar-refractivity contribution >= 4 is 11.7 Å². The van der Waals surface area contributed by atoms with Gasteiger partial charge < -0.3 is 14.6 Å². The Morgan fingerprint density at radius 1 is 1.06 bits per heavy atom. The smallest absolute Gasteiger partial charge is 0.321 e. The molecular weight excluding hydrogens is 395 g/mol. The fourth-order valence-corrected chi connectivity index (χ4v) is 3.59. The summed E-state index contributed by atoms with van der Waals surface area (Å²) in [7, 11) is 0. The van der Waals surface area contributed by atoms with Gasteiger partial charge >= 0.3 is 6.03 Å². The third kappa shape index (κ3) is 4.94. The van der Waals surface area contributed by atoms with Crippen LogP contribution in [0.15, 0.2) is 46.9 Å². The van der Waals surface area contributed by atoms with Gasteiger partial charge in [-0.3, -0.25) is 4.90 Å². The Morgan fingerprint density at radius 2 is 1.77 bits per heavy atom. The zero-order chi connectivity index (χ0) is 22.0. The molecule has 0 spiro atoms. The molecule has 1 N–H and O–H groups in total. The van der Waals surface area contributed by atoms with Crippen molar-refractivity contribution in [2.45, 2.75) is 27.3 Å². The lowest BCUT2D eigenvalue weighted by Crippen LogP contribution is -2.49. The zero-order valence-electron chi connectivity index (χ0n) is 18.1. The summed E-state index contributed by atoms with van der Waals surface area (Å²) in [6.45, 7) is 9.03. The minimum atomic E-state index is -0.324.